The van der Waals surface area contributed by atoms with E-state index in [4.69, 9.17) is 9.72 Å². The minimum absolute atomic E-state index is 0.195. The molecule has 0 spiro atoms. The van der Waals surface area contributed by atoms with E-state index in [9.17, 15) is 9.59 Å². The van der Waals surface area contributed by atoms with E-state index in [0.29, 0.717) is 23.7 Å². The molecular weight excluding hydrogens is 454 g/mol. The molecule has 1 aliphatic heterocycles. The van der Waals surface area contributed by atoms with Crippen LogP contribution in [0.4, 0.5) is 11.6 Å². The van der Waals surface area contributed by atoms with E-state index in [2.05, 4.69) is 11.8 Å². The van der Waals surface area contributed by atoms with E-state index >= 15 is 0 Å². The predicted molar refractivity (Wildman–Crippen MR) is 141 cm³/mol. The zero-order chi connectivity index (χ0) is 25.0. The summed E-state index contributed by atoms with van der Waals surface area (Å²) >= 11 is 0. The average molecular weight is 482 g/mol. The van der Waals surface area contributed by atoms with Crippen LogP contribution < -0.4 is 20.9 Å². The Morgan fingerprint density at radius 2 is 1.72 bits per heavy atom. The summed E-state index contributed by atoms with van der Waals surface area (Å²) in [6.45, 7) is 3.76. The zero-order valence-electron chi connectivity index (χ0n) is 20.5. The van der Waals surface area contributed by atoms with Gasteiger partial charge < -0.3 is 14.2 Å². The van der Waals surface area contributed by atoms with E-state index in [1.54, 1.807) is 14.2 Å². The fourth-order valence-corrected chi connectivity index (χ4v) is 5.22. The molecule has 2 aromatic heterocycles. The lowest BCUT2D eigenvalue weighted by Crippen LogP contribution is -2.40. The number of hydrogen-bond acceptors (Lipinski definition) is 5. The minimum Gasteiger partial charge on any atom is -0.497 e. The van der Waals surface area contributed by atoms with Crippen molar-refractivity contribution >= 4 is 33.6 Å². The Kier molecular flexibility index (Phi) is 5.17. The molecule has 0 radical (unpaired) electrons. The third kappa shape index (κ3) is 3.40. The highest BCUT2D eigenvalue weighted by molar-refractivity contribution is 5.85. The van der Waals surface area contributed by atoms with Crippen LogP contribution in [0.2, 0.25) is 0 Å². The number of methoxy groups -OCH3 is 1. The fourth-order valence-electron chi connectivity index (χ4n) is 5.22. The van der Waals surface area contributed by atoms with Crippen molar-refractivity contribution in [1.29, 1.82) is 0 Å². The molecule has 0 bridgehead atoms. The van der Waals surface area contributed by atoms with E-state index < -0.39 is 0 Å². The fraction of sp³-hybridized carbons (Fsp3) is 0.250. The molecule has 0 aliphatic carbocycles. The lowest BCUT2D eigenvalue weighted by Gasteiger charge is -2.33. The number of imidazole rings is 1. The van der Waals surface area contributed by atoms with Crippen LogP contribution in [-0.2, 0) is 20.1 Å². The van der Waals surface area contributed by atoms with Crippen molar-refractivity contribution in [2.24, 2.45) is 13.0 Å². The van der Waals surface area contributed by atoms with Gasteiger partial charge in [0, 0.05) is 25.8 Å². The first-order valence-electron chi connectivity index (χ1n) is 12.0. The van der Waals surface area contributed by atoms with Crippen LogP contribution >= 0.6 is 0 Å². The largest absolute Gasteiger partial charge is 0.497 e. The van der Waals surface area contributed by atoms with Gasteiger partial charge in [-0.05, 0) is 46.5 Å². The molecule has 0 N–H and O–H groups in total. The summed E-state index contributed by atoms with van der Waals surface area (Å²) in [5.74, 6) is 1.72. The zero-order valence-corrected chi connectivity index (χ0v) is 20.5. The summed E-state index contributed by atoms with van der Waals surface area (Å²) in [6.07, 6.45) is 0. The molecule has 0 saturated heterocycles. The molecule has 1 unspecified atom stereocenters. The Morgan fingerprint density at radius 1 is 0.972 bits per heavy atom. The third-order valence-electron chi connectivity index (χ3n) is 7.03. The van der Waals surface area contributed by atoms with Gasteiger partial charge in [-0.25, -0.2) is 4.79 Å². The quantitative estimate of drug-likeness (QED) is 0.389. The molecule has 0 saturated carbocycles. The van der Waals surface area contributed by atoms with Gasteiger partial charge in [-0.3, -0.25) is 13.9 Å². The van der Waals surface area contributed by atoms with Gasteiger partial charge in [0.05, 0.1) is 13.7 Å². The number of aryl methyl sites for hydroxylation is 1. The highest BCUT2D eigenvalue weighted by Gasteiger charge is 2.30. The molecule has 36 heavy (non-hydrogen) atoms. The number of hydrogen-bond donors (Lipinski definition) is 0. The first kappa shape index (κ1) is 22.2. The van der Waals surface area contributed by atoms with Crippen LogP contribution in [0.15, 0.2) is 76.3 Å². The van der Waals surface area contributed by atoms with Gasteiger partial charge in [0.2, 0.25) is 5.95 Å². The second kappa shape index (κ2) is 8.41. The monoisotopic (exact) mass is 481 g/mol. The lowest BCUT2D eigenvalue weighted by molar-refractivity contribution is 0.414. The van der Waals surface area contributed by atoms with E-state index in [0.717, 1.165) is 34.3 Å². The topological polar surface area (TPSA) is 74.3 Å². The van der Waals surface area contributed by atoms with Gasteiger partial charge in [-0.15, -0.1) is 0 Å². The van der Waals surface area contributed by atoms with Crippen LogP contribution in [-0.4, -0.2) is 32.3 Å². The van der Waals surface area contributed by atoms with Gasteiger partial charge in [-0.2, -0.15) is 4.98 Å². The first-order valence-corrected chi connectivity index (χ1v) is 12.0. The van der Waals surface area contributed by atoms with Crippen molar-refractivity contribution < 1.29 is 4.74 Å². The second-order valence-corrected chi connectivity index (χ2v) is 9.48. The van der Waals surface area contributed by atoms with Gasteiger partial charge in [-0.1, -0.05) is 49.4 Å². The van der Waals surface area contributed by atoms with Crippen LogP contribution in [0.1, 0.15) is 12.5 Å². The number of anilines is 2. The molecule has 182 valence electrons. The molecule has 0 fully saturated rings. The number of rotatable bonds is 4. The number of aromatic nitrogens is 4. The molecule has 3 heterocycles. The lowest BCUT2D eigenvalue weighted by atomic mass is 10.0. The normalized spacial score (nSPS) is 15.4. The SMILES string of the molecule is COc1ccc(N2CC(C)Cn3c2nc2c3c(=O)n(Cc3cccc4ccccc34)c(=O)n2C)cc1. The third-order valence-corrected chi connectivity index (χ3v) is 7.03. The Hall–Kier alpha value is -4.33. The van der Waals surface area contributed by atoms with Crippen LogP contribution in [0.3, 0.4) is 0 Å². The maximum atomic E-state index is 13.9. The number of nitrogens with zero attached hydrogens (tertiary/aromatic N) is 5. The molecule has 5 aromatic rings. The maximum Gasteiger partial charge on any atom is 0.332 e. The smallest absolute Gasteiger partial charge is 0.332 e. The number of benzene rings is 3. The highest BCUT2D eigenvalue weighted by Crippen LogP contribution is 2.33. The molecule has 1 aliphatic rings. The van der Waals surface area contributed by atoms with Gasteiger partial charge >= 0.3 is 5.69 Å². The molecule has 3 aromatic carbocycles. The summed E-state index contributed by atoms with van der Waals surface area (Å²) < 4.78 is 10.1. The number of fused-ring (bicyclic) bond motifs is 4. The minimum atomic E-state index is -0.375. The first-order chi connectivity index (χ1) is 17.5. The molecule has 0 amide bonds. The molecule has 8 heteroatoms. The second-order valence-electron chi connectivity index (χ2n) is 9.48. The molecular formula is C28H27N5O3. The van der Waals surface area contributed by atoms with Gasteiger partial charge in [0.1, 0.15) is 5.75 Å². The number of ether oxygens (including phenoxy) is 1. The molecule has 8 nitrogen and oxygen atoms in total. The van der Waals surface area contributed by atoms with Crippen molar-refractivity contribution in [3.8, 4) is 5.75 Å². The Balaban J connectivity index is 1.53. The van der Waals surface area contributed by atoms with E-state index in [1.807, 2.05) is 71.3 Å². The van der Waals surface area contributed by atoms with Crippen molar-refractivity contribution in [2.75, 3.05) is 18.6 Å². The summed E-state index contributed by atoms with van der Waals surface area (Å²) in [7, 11) is 3.32. The highest BCUT2D eigenvalue weighted by atomic mass is 16.5. The summed E-state index contributed by atoms with van der Waals surface area (Å²) in [5.41, 5.74) is 2.06. The summed E-state index contributed by atoms with van der Waals surface area (Å²) in [6, 6.07) is 21.8. The molecule has 6 rings (SSSR count). The van der Waals surface area contributed by atoms with Crippen LogP contribution in [0, 0.1) is 5.92 Å². The van der Waals surface area contributed by atoms with Gasteiger partial charge in [0.25, 0.3) is 5.56 Å². The van der Waals surface area contributed by atoms with E-state index in [1.165, 1.54) is 9.13 Å². The standard InChI is InChI=1S/C28H27N5O3/c1-18-15-31(21-11-13-22(36-3)14-12-21)27-29-25-24(32(27)16-18)26(34)33(28(35)30(25)2)17-20-9-6-8-19-7-4-5-10-23(19)20/h4-14,18H,15-17H2,1-3H3. The van der Waals surface area contributed by atoms with Gasteiger partial charge in [0.15, 0.2) is 11.2 Å². The Bertz CT molecular complexity index is 1720. The maximum absolute atomic E-state index is 13.9. The van der Waals surface area contributed by atoms with Crippen molar-refractivity contribution in [1.82, 2.24) is 18.7 Å². The van der Waals surface area contributed by atoms with Crippen LogP contribution in [0.25, 0.3) is 21.9 Å². The predicted octanol–water partition coefficient (Wildman–Crippen LogP) is 3.89. The van der Waals surface area contributed by atoms with Crippen molar-refractivity contribution in [3.63, 3.8) is 0 Å². The van der Waals surface area contributed by atoms with Crippen molar-refractivity contribution in [3.05, 3.63) is 93.1 Å². The summed E-state index contributed by atoms with van der Waals surface area (Å²) in [5, 5.41) is 2.11. The summed E-state index contributed by atoms with van der Waals surface area (Å²) in [4.78, 5) is 34.2. The Morgan fingerprint density at radius 3 is 2.50 bits per heavy atom. The van der Waals surface area contributed by atoms with Crippen molar-refractivity contribution in [2.45, 2.75) is 20.0 Å². The average Bonchev–Trinajstić information content (AvgIpc) is 3.29. The molecule has 1 atom stereocenters. The van der Waals surface area contributed by atoms with Crippen LogP contribution in [0.5, 0.6) is 5.75 Å². The Labute approximate surface area is 207 Å². The van der Waals surface area contributed by atoms with E-state index in [-0.39, 0.29) is 23.7 Å².